The van der Waals surface area contributed by atoms with Crippen molar-refractivity contribution in [2.75, 3.05) is 7.11 Å². The summed E-state index contributed by atoms with van der Waals surface area (Å²) >= 11 is 0. The highest BCUT2D eigenvalue weighted by Gasteiger charge is 2.32. The molecular formula is C36H29N3O2. The lowest BCUT2D eigenvalue weighted by Crippen LogP contribution is -2.22. The van der Waals surface area contributed by atoms with Gasteiger partial charge >= 0.3 is 0 Å². The van der Waals surface area contributed by atoms with Crippen LogP contribution in [0, 0.1) is 11.3 Å². The van der Waals surface area contributed by atoms with E-state index in [1.54, 1.807) is 13.4 Å². The summed E-state index contributed by atoms with van der Waals surface area (Å²) in [5.74, 6) is 1.47. The molecule has 6 rings (SSSR count). The van der Waals surface area contributed by atoms with Gasteiger partial charge in [0.2, 0.25) is 5.88 Å². The lowest BCUT2D eigenvalue weighted by molar-refractivity contribution is 0.387. The molecule has 5 aromatic carbocycles. The van der Waals surface area contributed by atoms with E-state index < -0.39 is 0 Å². The number of nitrogens with zero attached hydrogens (tertiary/aromatic N) is 3. The Morgan fingerprint density at radius 3 is 2.07 bits per heavy atom. The largest absolute Gasteiger partial charge is 0.497 e. The van der Waals surface area contributed by atoms with E-state index in [0.717, 1.165) is 33.4 Å². The third kappa shape index (κ3) is 5.54. The van der Waals surface area contributed by atoms with Crippen molar-refractivity contribution in [3.05, 3.63) is 155 Å². The first-order valence-electron chi connectivity index (χ1n) is 13.6. The maximum Gasteiger partial charge on any atom is 0.235 e. The van der Waals surface area contributed by atoms with E-state index in [4.69, 9.17) is 14.5 Å². The molecule has 0 aliphatic carbocycles. The minimum Gasteiger partial charge on any atom is -0.497 e. The topological polar surface area (TPSA) is 57.8 Å². The molecule has 1 aliphatic heterocycles. The summed E-state index contributed by atoms with van der Waals surface area (Å²) < 4.78 is 11.9. The molecule has 0 saturated carbocycles. The zero-order valence-corrected chi connectivity index (χ0v) is 22.8. The fourth-order valence-corrected chi connectivity index (χ4v) is 5.29. The van der Waals surface area contributed by atoms with Gasteiger partial charge in [0.1, 0.15) is 23.1 Å². The monoisotopic (exact) mass is 535 g/mol. The Hall–Kier alpha value is -5.34. The number of hydrogen-bond donors (Lipinski definition) is 0. The molecule has 0 bridgehead atoms. The maximum absolute atomic E-state index is 10.5. The number of aliphatic imine (C=N–C) groups is 1. The van der Waals surface area contributed by atoms with Crippen LogP contribution in [0.25, 0.3) is 10.8 Å². The molecule has 0 N–H and O–H groups in total. The van der Waals surface area contributed by atoms with Crippen LogP contribution >= 0.6 is 0 Å². The zero-order valence-electron chi connectivity index (χ0n) is 22.8. The highest BCUT2D eigenvalue weighted by molar-refractivity contribution is 5.91. The summed E-state index contributed by atoms with van der Waals surface area (Å²) in [6.07, 6.45) is 1.80. The second-order valence-corrected chi connectivity index (χ2v) is 9.96. The SMILES string of the molecule is COc1ccc([C@H]2C(C#N)=C(N=CN(Cc3ccccc3)Cc3ccccc3)Oc3c2ccc2ccccc32)cc1. The van der Waals surface area contributed by atoms with Crippen LogP contribution < -0.4 is 9.47 Å². The highest BCUT2D eigenvalue weighted by atomic mass is 16.5. The second-order valence-electron chi connectivity index (χ2n) is 9.96. The summed E-state index contributed by atoms with van der Waals surface area (Å²) in [4.78, 5) is 6.99. The highest BCUT2D eigenvalue weighted by Crippen LogP contribution is 2.46. The van der Waals surface area contributed by atoms with Crippen molar-refractivity contribution in [3.8, 4) is 17.6 Å². The first-order valence-corrected chi connectivity index (χ1v) is 13.6. The Balaban J connectivity index is 1.44. The molecular weight excluding hydrogens is 506 g/mol. The van der Waals surface area contributed by atoms with Gasteiger partial charge in [0.15, 0.2) is 0 Å². The van der Waals surface area contributed by atoms with E-state index in [9.17, 15) is 5.26 Å². The zero-order chi connectivity index (χ0) is 28.0. The fraction of sp³-hybridized carbons (Fsp3) is 0.111. The Bertz CT molecular complexity index is 1710. The van der Waals surface area contributed by atoms with Crippen LogP contribution in [-0.4, -0.2) is 18.3 Å². The molecule has 1 atom stereocenters. The van der Waals surface area contributed by atoms with Crippen molar-refractivity contribution in [2.24, 2.45) is 4.99 Å². The molecule has 5 nitrogen and oxygen atoms in total. The molecule has 5 heteroatoms. The van der Waals surface area contributed by atoms with Gasteiger partial charge in [-0.1, -0.05) is 109 Å². The number of rotatable bonds is 8. The summed E-state index contributed by atoms with van der Waals surface area (Å²) in [5.41, 5.74) is 4.71. The lowest BCUT2D eigenvalue weighted by atomic mass is 9.82. The van der Waals surface area contributed by atoms with E-state index >= 15 is 0 Å². The van der Waals surface area contributed by atoms with E-state index in [1.807, 2.05) is 72.8 Å². The van der Waals surface area contributed by atoms with Crippen LogP contribution in [0.5, 0.6) is 11.5 Å². The Morgan fingerprint density at radius 2 is 1.44 bits per heavy atom. The molecule has 0 amide bonds. The van der Waals surface area contributed by atoms with Gasteiger partial charge in [0.25, 0.3) is 0 Å². The smallest absolute Gasteiger partial charge is 0.235 e. The van der Waals surface area contributed by atoms with Crippen LogP contribution in [0.15, 0.2) is 138 Å². The van der Waals surface area contributed by atoms with Crippen molar-refractivity contribution in [1.29, 1.82) is 5.26 Å². The molecule has 41 heavy (non-hydrogen) atoms. The summed E-state index contributed by atoms with van der Waals surface area (Å²) in [6.45, 7) is 1.33. The minimum atomic E-state index is -0.330. The third-order valence-electron chi connectivity index (χ3n) is 7.30. The normalized spacial score (nSPS) is 14.4. The quantitative estimate of drug-likeness (QED) is 0.150. The molecule has 0 fully saturated rings. The first kappa shape index (κ1) is 25.9. The number of benzene rings is 5. The van der Waals surface area contributed by atoms with Gasteiger partial charge in [-0.2, -0.15) is 5.26 Å². The van der Waals surface area contributed by atoms with Crippen molar-refractivity contribution < 1.29 is 9.47 Å². The lowest BCUT2D eigenvalue weighted by Gasteiger charge is -2.28. The number of methoxy groups -OCH3 is 1. The van der Waals surface area contributed by atoms with Gasteiger partial charge in [0, 0.05) is 24.0 Å². The number of nitriles is 1. The summed E-state index contributed by atoms with van der Waals surface area (Å²) in [5, 5.41) is 12.5. The molecule has 5 aromatic rings. The van der Waals surface area contributed by atoms with Crippen molar-refractivity contribution in [1.82, 2.24) is 4.90 Å². The Morgan fingerprint density at radius 1 is 0.805 bits per heavy atom. The van der Waals surface area contributed by atoms with Gasteiger partial charge in [0.05, 0.1) is 19.4 Å². The van der Waals surface area contributed by atoms with E-state index in [-0.39, 0.29) is 5.92 Å². The van der Waals surface area contributed by atoms with Crippen molar-refractivity contribution in [2.45, 2.75) is 19.0 Å². The van der Waals surface area contributed by atoms with Gasteiger partial charge < -0.3 is 14.4 Å². The molecule has 0 aromatic heterocycles. The minimum absolute atomic E-state index is 0.309. The predicted octanol–water partition coefficient (Wildman–Crippen LogP) is 7.84. The molecule has 1 heterocycles. The van der Waals surface area contributed by atoms with Crippen molar-refractivity contribution in [3.63, 3.8) is 0 Å². The number of hydrogen-bond acceptors (Lipinski definition) is 4. The first-order chi connectivity index (χ1) is 20.2. The number of ether oxygens (including phenoxy) is 2. The Labute approximate surface area is 240 Å². The van der Waals surface area contributed by atoms with E-state index in [2.05, 4.69) is 59.5 Å². The van der Waals surface area contributed by atoms with Crippen molar-refractivity contribution >= 4 is 17.1 Å². The molecule has 1 aliphatic rings. The number of allylic oxidation sites excluding steroid dienone is 1. The summed E-state index contributed by atoms with van der Waals surface area (Å²) in [7, 11) is 1.65. The van der Waals surface area contributed by atoms with Crippen LogP contribution in [0.4, 0.5) is 0 Å². The van der Waals surface area contributed by atoms with Gasteiger partial charge in [-0.15, -0.1) is 0 Å². The van der Waals surface area contributed by atoms with Crippen LogP contribution in [0.3, 0.4) is 0 Å². The molecule has 0 spiro atoms. The maximum atomic E-state index is 10.5. The molecule has 200 valence electrons. The van der Waals surface area contributed by atoms with Crippen LogP contribution in [0.1, 0.15) is 28.2 Å². The molecule has 0 saturated heterocycles. The average Bonchev–Trinajstić information content (AvgIpc) is 3.04. The second kappa shape index (κ2) is 11.8. The summed E-state index contributed by atoms with van der Waals surface area (Å²) in [6, 6.07) is 43.1. The Kier molecular flexibility index (Phi) is 7.46. The van der Waals surface area contributed by atoms with Gasteiger partial charge in [-0.3, -0.25) is 0 Å². The van der Waals surface area contributed by atoms with E-state index in [1.165, 1.54) is 11.1 Å². The predicted molar refractivity (Wildman–Crippen MR) is 163 cm³/mol. The van der Waals surface area contributed by atoms with Crippen LogP contribution in [0.2, 0.25) is 0 Å². The standard InChI is InChI=1S/C36H29N3O2/c1-40-30-19-16-29(17-20-30)34-32-21-18-28-14-8-9-15-31(28)35(32)41-36(33(34)22-37)38-25-39(23-26-10-4-2-5-11-26)24-27-12-6-3-7-13-27/h2-21,25,34H,23-24H2,1H3/t34-/m1/s1. The number of fused-ring (bicyclic) bond motifs is 3. The molecule has 0 unspecified atom stereocenters. The van der Waals surface area contributed by atoms with Gasteiger partial charge in [-0.25, -0.2) is 4.99 Å². The average molecular weight is 536 g/mol. The van der Waals surface area contributed by atoms with Crippen LogP contribution in [-0.2, 0) is 13.1 Å². The molecule has 0 radical (unpaired) electrons. The van der Waals surface area contributed by atoms with E-state index in [0.29, 0.717) is 24.5 Å². The van der Waals surface area contributed by atoms with Gasteiger partial charge in [-0.05, 0) is 34.2 Å². The third-order valence-corrected chi connectivity index (χ3v) is 7.30. The fourth-order valence-electron chi connectivity index (χ4n) is 5.29.